The molecule has 0 aliphatic carbocycles. The van der Waals surface area contributed by atoms with Gasteiger partial charge in [0.2, 0.25) is 5.91 Å². The number of aromatic hydroxyl groups is 1. The maximum atomic E-state index is 13.0. The number of carbonyl (C=O) groups is 1. The number of nitrogens with zero attached hydrogens (tertiary/aromatic N) is 1. The molecular weight excluding hydrogens is 518 g/mol. The minimum atomic E-state index is -0.268. The summed E-state index contributed by atoms with van der Waals surface area (Å²) in [5.41, 5.74) is 2.36. The number of hydrogen-bond acceptors (Lipinski definition) is 3. The van der Waals surface area contributed by atoms with Crippen LogP contribution in [-0.2, 0) is 31.5 Å². The van der Waals surface area contributed by atoms with Gasteiger partial charge in [0, 0.05) is 50.1 Å². The Bertz CT molecular complexity index is 724. The first kappa shape index (κ1) is 23.4. The fourth-order valence-electron chi connectivity index (χ4n) is 3.53. The molecule has 5 heteroatoms. The van der Waals surface area contributed by atoms with Crippen LogP contribution in [0.1, 0.15) is 56.7 Å². The number of aliphatic hydroxyl groups is 1. The normalized spacial score (nSPS) is 12.0. The first-order valence-electron chi connectivity index (χ1n) is 9.13. The zero-order chi connectivity index (χ0) is 19.3. The summed E-state index contributed by atoms with van der Waals surface area (Å²) in [7, 11) is 0. The van der Waals surface area contributed by atoms with Crippen LogP contribution >= 0.6 is 0 Å². The Balaban J connectivity index is 0.00000364. The van der Waals surface area contributed by atoms with E-state index in [4.69, 9.17) is 0 Å². The van der Waals surface area contributed by atoms with Crippen molar-refractivity contribution in [3.05, 3.63) is 65.2 Å². The Morgan fingerprint density at radius 3 is 2.11 bits per heavy atom. The van der Waals surface area contributed by atoms with E-state index in [1.165, 1.54) is 0 Å². The second-order valence-electron chi connectivity index (χ2n) is 7.21. The summed E-state index contributed by atoms with van der Waals surface area (Å²) in [6, 6.07) is 15.0. The van der Waals surface area contributed by atoms with Gasteiger partial charge in [-0.05, 0) is 51.0 Å². The number of rotatable bonds is 7. The Labute approximate surface area is 175 Å². The van der Waals surface area contributed by atoms with Crippen molar-refractivity contribution >= 4 is 5.91 Å². The van der Waals surface area contributed by atoms with E-state index in [0.717, 1.165) is 11.1 Å². The predicted octanol–water partition coefficient (Wildman–Crippen LogP) is 4.05. The molecule has 2 aromatic rings. The molecular formula is C22H29IrNO3. The molecule has 2 rings (SSSR count). The molecule has 1 unspecified atom stereocenters. The van der Waals surface area contributed by atoms with Crippen LogP contribution in [0.15, 0.2) is 48.5 Å². The Hall–Kier alpha value is -1.68. The summed E-state index contributed by atoms with van der Waals surface area (Å²) < 4.78 is 0. The van der Waals surface area contributed by atoms with Crippen molar-refractivity contribution < 1.29 is 35.1 Å². The van der Waals surface area contributed by atoms with Crippen molar-refractivity contribution in [3.63, 3.8) is 0 Å². The van der Waals surface area contributed by atoms with Gasteiger partial charge >= 0.3 is 0 Å². The molecule has 2 aromatic carbocycles. The van der Waals surface area contributed by atoms with Crippen molar-refractivity contribution in [2.45, 2.75) is 58.7 Å². The van der Waals surface area contributed by atoms with E-state index in [9.17, 15) is 15.0 Å². The molecule has 0 saturated carbocycles. The Morgan fingerprint density at radius 1 is 1.00 bits per heavy atom. The van der Waals surface area contributed by atoms with Gasteiger partial charge < -0.3 is 15.1 Å². The fourth-order valence-corrected chi connectivity index (χ4v) is 3.53. The summed E-state index contributed by atoms with van der Waals surface area (Å²) in [6.45, 7) is 7.95. The molecule has 1 radical (unpaired) electrons. The molecule has 0 aliphatic heterocycles. The van der Waals surface area contributed by atoms with Crippen LogP contribution < -0.4 is 0 Å². The van der Waals surface area contributed by atoms with E-state index < -0.39 is 0 Å². The third-order valence-corrected chi connectivity index (χ3v) is 4.63. The van der Waals surface area contributed by atoms with Crippen molar-refractivity contribution in [1.82, 2.24) is 4.90 Å². The summed E-state index contributed by atoms with van der Waals surface area (Å²) in [6.07, 6.45) is 0.267. The number of aliphatic hydroxyl groups excluding tert-OH is 1. The average molecular weight is 548 g/mol. The molecule has 0 aromatic heterocycles. The van der Waals surface area contributed by atoms with Crippen LogP contribution in [0.5, 0.6) is 5.75 Å². The first-order chi connectivity index (χ1) is 12.3. The van der Waals surface area contributed by atoms with Crippen LogP contribution in [0, 0.1) is 0 Å². The van der Waals surface area contributed by atoms with Gasteiger partial charge in [0.25, 0.3) is 0 Å². The fraction of sp³-hybridized carbons (Fsp3) is 0.409. The maximum Gasteiger partial charge on any atom is 0.223 e. The Kier molecular flexibility index (Phi) is 9.17. The zero-order valence-electron chi connectivity index (χ0n) is 16.3. The second kappa shape index (κ2) is 10.6. The maximum absolute atomic E-state index is 13.0. The summed E-state index contributed by atoms with van der Waals surface area (Å²) in [5, 5.41) is 19.9. The second-order valence-corrected chi connectivity index (χ2v) is 7.21. The standard InChI is InChI=1S/C22H29NO3.Ir/c1-15(2)23(16(3)4)22(26)13-19(18-8-6-5-7-9-18)20-12-17(14-24)10-11-21(20)25;/h5-12,15-16,19,24-25H,13-14H2,1-4H3;. The molecule has 0 saturated heterocycles. The van der Waals surface area contributed by atoms with Crippen LogP contribution in [0.25, 0.3) is 0 Å². The van der Waals surface area contributed by atoms with E-state index in [1.54, 1.807) is 18.2 Å². The van der Waals surface area contributed by atoms with Gasteiger partial charge in [-0.2, -0.15) is 0 Å². The van der Waals surface area contributed by atoms with Crippen molar-refractivity contribution in [2.75, 3.05) is 0 Å². The van der Waals surface area contributed by atoms with Gasteiger partial charge in [0.1, 0.15) is 5.75 Å². The zero-order valence-corrected chi connectivity index (χ0v) is 18.7. The number of carbonyl (C=O) groups excluding carboxylic acids is 1. The molecule has 149 valence electrons. The van der Waals surface area contributed by atoms with E-state index in [0.29, 0.717) is 5.56 Å². The SMILES string of the molecule is CC(C)N(C(=O)CC(c1ccccc1)c1cc(CO)ccc1O)C(C)C.[Ir]. The summed E-state index contributed by atoms with van der Waals surface area (Å²) in [4.78, 5) is 14.9. The molecule has 2 N–H and O–H groups in total. The number of phenols is 1. The van der Waals surface area contributed by atoms with E-state index in [-0.39, 0.29) is 62.8 Å². The average Bonchev–Trinajstić information content (AvgIpc) is 2.60. The van der Waals surface area contributed by atoms with Crippen molar-refractivity contribution in [2.24, 2.45) is 0 Å². The van der Waals surface area contributed by atoms with E-state index >= 15 is 0 Å². The number of benzene rings is 2. The van der Waals surface area contributed by atoms with E-state index in [1.807, 2.05) is 62.9 Å². The predicted molar refractivity (Wildman–Crippen MR) is 104 cm³/mol. The Morgan fingerprint density at radius 2 is 1.59 bits per heavy atom. The quantitative estimate of drug-likeness (QED) is 0.550. The van der Waals surface area contributed by atoms with Gasteiger partial charge in [-0.25, -0.2) is 0 Å². The number of phenolic OH excluding ortho intramolecular Hbond substituents is 1. The van der Waals surface area contributed by atoms with Crippen molar-refractivity contribution in [1.29, 1.82) is 0 Å². The minimum Gasteiger partial charge on any atom is -0.508 e. The van der Waals surface area contributed by atoms with Crippen LogP contribution in [0.4, 0.5) is 0 Å². The molecule has 0 bridgehead atoms. The molecule has 0 heterocycles. The third kappa shape index (κ3) is 5.90. The van der Waals surface area contributed by atoms with E-state index in [2.05, 4.69) is 0 Å². The molecule has 1 atom stereocenters. The smallest absolute Gasteiger partial charge is 0.223 e. The van der Waals surface area contributed by atoms with Gasteiger partial charge in [-0.15, -0.1) is 0 Å². The largest absolute Gasteiger partial charge is 0.508 e. The third-order valence-electron chi connectivity index (χ3n) is 4.63. The topological polar surface area (TPSA) is 60.8 Å². The van der Waals surface area contributed by atoms with Gasteiger partial charge in [-0.3, -0.25) is 4.79 Å². The molecule has 4 nitrogen and oxygen atoms in total. The van der Waals surface area contributed by atoms with Gasteiger partial charge in [0.15, 0.2) is 0 Å². The molecule has 1 amide bonds. The van der Waals surface area contributed by atoms with Crippen LogP contribution in [-0.4, -0.2) is 33.1 Å². The molecule has 0 spiro atoms. The molecule has 0 aliphatic rings. The summed E-state index contributed by atoms with van der Waals surface area (Å²) >= 11 is 0. The summed E-state index contributed by atoms with van der Waals surface area (Å²) in [5.74, 6) is -0.0719. The molecule has 0 fully saturated rings. The molecule has 27 heavy (non-hydrogen) atoms. The van der Waals surface area contributed by atoms with Crippen LogP contribution in [0.3, 0.4) is 0 Å². The van der Waals surface area contributed by atoms with Crippen molar-refractivity contribution in [3.8, 4) is 5.75 Å². The van der Waals surface area contributed by atoms with Crippen LogP contribution in [0.2, 0.25) is 0 Å². The first-order valence-corrected chi connectivity index (χ1v) is 9.13. The monoisotopic (exact) mass is 548 g/mol. The van der Waals surface area contributed by atoms with Gasteiger partial charge in [-0.1, -0.05) is 36.4 Å². The number of amides is 1. The van der Waals surface area contributed by atoms with Gasteiger partial charge in [0.05, 0.1) is 6.61 Å². The minimum absolute atomic E-state index is 0. The number of hydrogen-bond donors (Lipinski definition) is 2.